The molecule has 0 unspecified atom stereocenters. The van der Waals surface area contributed by atoms with Crippen LogP contribution in [0.15, 0.2) is 45.7 Å². The first-order chi connectivity index (χ1) is 10.1. The van der Waals surface area contributed by atoms with E-state index in [2.05, 4.69) is 26.6 Å². The van der Waals surface area contributed by atoms with E-state index in [-0.39, 0.29) is 24.8 Å². The van der Waals surface area contributed by atoms with Gasteiger partial charge in [-0.15, -0.1) is 0 Å². The maximum atomic E-state index is 11.8. The lowest BCUT2D eigenvalue weighted by atomic mass is 10.2. The molecular weight excluding hydrogens is 336 g/mol. The summed E-state index contributed by atoms with van der Waals surface area (Å²) in [4.78, 5) is 23.4. The number of hydrogen-bond donors (Lipinski definition) is 2. The van der Waals surface area contributed by atoms with Gasteiger partial charge in [0.25, 0.3) is 5.91 Å². The highest BCUT2D eigenvalue weighted by atomic mass is 79.9. The van der Waals surface area contributed by atoms with Crippen LogP contribution in [-0.2, 0) is 4.79 Å². The van der Waals surface area contributed by atoms with E-state index in [1.807, 2.05) is 25.1 Å². The lowest BCUT2D eigenvalue weighted by Gasteiger charge is -2.08. The van der Waals surface area contributed by atoms with Crippen LogP contribution < -0.4 is 10.6 Å². The number of benzene rings is 1. The van der Waals surface area contributed by atoms with Crippen molar-refractivity contribution in [3.05, 3.63) is 52.4 Å². The molecule has 0 atom stereocenters. The van der Waals surface area contributed by atoms with E-state index in [0.717, 1.165) is 10.0 Å². The van der Waals surface area contributed by atoms with Crippen molar-refractivity contribution in [1.82, 2.24) is 5.32 Å². The molecule has 1 heterocycles. The van der Waals surface area contributed by atoms with Gasteiger partial charge in [0.15, 0.2) is 0 Å². The summed E-state index contributed by atoms with van der Waals surface area (Å²) in [6.07, 6.45) is 2.99. The SMILES string of the molecule is Cc1ccc(NC(=O)CCNC(=O)c2ccoc2)c(Br)c1. The van der Waals surface area contributed by atoms with Crippen LogP contribution in [0.2, 0.25) is 0 Å². The van der Waals surface area contributed by atoms with Crippen LogP contribution in [-0.4, -0.2) is 18.4 Å². The van der Waals surface area contributed by atoms with Crippen molar-refractivity contribution in [2.45, 2.75) is 13.3 Å². The fraction of sp³-hybridized carbons (Fsp3) is 0.200. The number of carbonyl (C=O) groups excluding carboxylic acids is 2. The number of halogens is 1. The van der Waals surface area contributed by atoms with Gasteiger partial charge in [-0.3, -0.25) is 9.59 Å². The third-order valence-corrected chi connectivity index (χ3v) is 3.48. The zero-order valence-electron chi connectivity index (χ0n) is 11.5. The van der Waals surface area contributed by atoms with Crippen LogP contribution in [0.5, 0.6) is 0 Å². The molecule has 0 aliphatic heterocycles. The molecular formula is C15H15BrN2O3. The normalized spacial score (nSPS) is 10.2. The van der Waals surface area contributed by atoms with E-state index < -0.39 is 0 Å². The van der Waals surface area contributed by atoms with Crippen molar-refractivity contribution in [2.24, 2.45) is 0 Å². The predicted molar refractivity (Wildman–Crippen MR) is 83.2 cm³/mol. The molecule has 21 heavy (non-hydrogen) atoms. The number of nitrogens with one attached hydrogen (secondary N) is 2. The van der Waals surface area contributed by atoms with Gasteiger partial charge in [0.2, 0.25) is 5.91 Å². The number of aryl methyl sites for hydroxylation is 1. The van der Waals surface area contributed by atoms with Gasteiger partial charge in [-0.1, -0.05) is 6.07 Å². The summed E-state index contributed by atoms with van der Waals surface area (Å²) in [5.74, 6) is -0.417. The first-order valence-corrected chi connectivity index (χ1v) is 7.22. The van der Waals surface area contributed by atoms with Gasteiger partial charge in [0.05, 0.1) is 17.5 Å². The van der Waals surface area contributed by atoms with E-state index in [4.69, 9.17) is 4.42 Å². The van der Waals surface area contributed by atoms with Crippen LogP contribution in [0.4, 0.5) is 5.69 Å². The Bertz CT molecular complexity index is 638. The number of anilines is 1. The Morgan fingerprint density at radius 3 is 2.76 bits per heavy atom. The molecule has 2 rings (SSSR count). The van der Waals surface area contributed by atoms with E-state index in [9.17, 15) is 9.59 Å². The third-order valence-electron chi connectivity index (χ3n) is 2.82. The molecule has 2 aromatic rings. The first kappa shape index (κ1) is 15.3. The molecule has 0 saturated carbocycles. The Morgan fingerprint density at radius 2 is 2.10 bits per heavy atom. The third kappa shape index (κ3) is 4.46. The highest BCUT2D eigenvalue weighted by Gasteiger charge is 2.09. The molecule has 0 aliphatic rings. The lowest BCUT2D eigenvalue weighted by molar-refractivity contribution is -0.116. The average molecular weight is 351 g/mol. The summed E-state index contributed by atoms with van der Waals surface area (Å²) >= 11 is 3.40. The van der Waals surface area contributed by atoms with Crippen molar-refractivity contribution in [3.63, 3.8) is 0 Å². The lowest BCUT2D eigenvalue weighted by Crippen LogP contribution is -2.27. The number of furan rings is 1. The maximum Gasteiger partial charge on any atom is 0.254 e. The molecule has 0 bridgehead atoms. The Morgan fingerprint density at radius 1 is 1.29 bits per heavy atom. The van der Waals surface area contributed by atoms with E-state index >= 15 is 0 Å². The summed E-state index contributed by atoms with van der Waals surface area (Å²) < 4.78 is 5.65. The molecule has 0 aliphatic carbocycles. The largest absolute Gasteiger partial charge is 0.472 e. The van der Waals surface area contributed by atoms with Crippen molar-refractivity contribution in [2.75, 3.05) is 11.9 Å². The zero-order chi connectivity index (χ0) is 15.2. The van der Waals surface area contributed by atoms with Gasteiger partial charge in [0, 0.05) is 17.4 Å². The summed E-state index contributed by atoms with van der Waals surface area (Å²) in [7, 11) is 0. The Hall–Kier alpha value is -2.08. The van der Waals surface area contributed by atoms with Crippen LogP contribution in [0.25, 0.3) is 0 Å². The molecule has 1 aromatic carbocycles. The average Bonchev–Trinajstić information content (AvgIpc) is 2.96. The highest BCUT2D eigenvalue weighted by molar-refractivity contribution is 9.10. The molecule has 0 spiro atoms. The van der Waals surface area contributed by atoms with Gasteiger partial charge in [-0.25, -0.2) is 0 Å². The second-order valence-electron chi connectivity index (χ2n) is 4.55. The molecule has 1 aromatic heterocycles. The van der Waals surface area contributed by atoms with Gasteiger partial charge >= 0.3 is 0 Å². The minimum atomic E-state index is -0.256. The van der Waals surface area contributed by atoms with Gasteiger partial charge < -0.3 is 15.1 Å². The van der Waals surface area contributed by atoms with E-state index in [0.29, 0.717) is 11.3 Å². The standard InChI is InChI=1S/C15H15BrN2O3/c1-10-2-3-13(12(16)8-10)18-14(19)4-6-17-15(20)11-5-7-21-9-11/h2-3,5,7-9H,4,6H2,1H3,(H,17,20)(H,18,19). The number of carbonyl (C=O) groups is 2. The second kappa shape index (κ2) is 7.08. The number of amides is 2. The summed E-state index contributed by atoms with van der Waals surface area (Å²) in [5.41, 5.74) is 2.26. The van der Waals surface area contributed by atoms with Crippen molar-refractivity contribution in [1.29, 1.82) is 0 Å². The molecule has 2 amide bonds. The van der Waals surface area contributed by atoms with Crippen molar-refractivity contribution < 1.29 is 14.0 Å². The first-order valence-electron chi connectivity index (χ1n) is 6.42. The maximum absolute atomic E-state index is 11.8. The Balaban J connectivity index is 1.78. The van der Waals surface area contributed by atoms with Crippen molar-refractivity contribution in [3.8, 4) is 0 Å². The van der Waals surface area contributed by atoms with Crippen LogP contribution >= 0.6 is 15.9 Å². The zero-order valence-corrected chi connectivity index (χ0v) is 13.1. The fourth-order valence-corrected chi connectivity index (χ4v) is 2.31. The molecule has 6 heteroatoms. The second-order valence-corrected chi connectivity index (χ2v) is 5.40. The van der Waals surface area contributed by atoms with Gasteiger partial charge in [-0.05, 0) is 46.6 Å². The topological polar surface area (TPSA) is 71.3 Å². The van der Waals surface area contributed by atoms with Crippen LogP contribution in [0, 0.1) is 6.92 Å². The molecule has 0 radical (unpaired) electrons. The minimum absolute atomic E-state index is 0.160. The minimum Gasteiger partial charge on any atom is -0.472 e. The summed E-state index contributed by atoms with van der Waals surface area (Å²) in [6, 6.07) is 7.25. The Labute approximate surface area is 130 Å². The van der Waals surface area contributed by atoms with Gasteiger partial charge in [-0.2, -0.15) is 0 Å². The van der Waals surface area contributed by atoms with E-state index in [1.54, 1.807) is 6.07 Å². The molecule has 0 fully saturated rings. The predicted octanol–water partition coefficient (Wildman–Crippen LogP) is 3.11. The van der Waals surface area contributed by atoms with Gasteiger partial charge in [0.1, 0.15) is 6.26 Å². The quantitative estimate of drug-likeness (QED) is 0.870. The molecule has 5 nitrogen and oxygen atoms in total. The summed E-state index contributed by atoms with van der Waals surface area (Å²) in [5, 5.41) is 5.44. The Kier molecular flexibility index (Phi) is 5.16. The number of hydrogen-bond acceptors (Lipinski definition) is 3. The summed E-state index contributed by atoms with van der Waals surface area (Å²) in [6.45, 7) is 2.24. The number of rotatable bonds is 5. The van der Waals surface area contributed by atoms with Crippen LogP contribution in [0.1, 0.15) is 22.3 Å². The van der Waals surface area contributed by atoms with Crippen molar-refractivity contribution >= 4 is 33.4 Å². The van der Waals surface area contributed by atoms with E-state index in [1.165, 1.54) is 12.5 Å². The van der Waals surface area contributed by atoms with Crippen LogP contribution in [0.3, 0.4) is 0 Å². The highest BCUT2D eigenvalue weighted by Crippen LogP contribution is 2.23. The fourth-order valence-electron chi connectivity index (χ4n) is 1.72. The molecule has 2 N–H and O–H groups in total. The molecule has 0 saturated heterocycles. The smallest absolute Gasteiger partial charge is 0.254 e. The molecule has 110 valence electrons. The monoisotopic (exact) mass is 350 g/mol.